The molecular weight excluding hydrogens is 430 g/mol. The first kappa shape index (κ1) is 24.1. The van der Waals surface area contributed by atoms with Gasteiger partial charge in [-0.1, -0.05) is 30.3 Å². The number of para-hydroxylation sites is 1. The van der Waals surface area contributed by atoms with E-state index in [9.17, 15) is 9.59 Å². The van der Waals surface area contributed by atoms with E-state index < -0.39 is 0 Å². The number of carbonyl (C=O) groups excluding carboxylic acids is 2. The second-order valence-electron chi connectivity index (χ2n) is 9.03. The Morgan fingerprint density at radius 3 is 2.32 bits per heavy atom. The van der Waals surface area contributed by atoms with E-state index in [0.29, 0.717) is 45.5 Å². The molecule has 2 aliphatic heterocycles. The molecular formula is C27H35N3O4. The van der Waals surface area contributed by atoms with Crippen LogP contribution >= 0.6 is 0 Å². The molecule has 182 valence electrons. The molecule has 0 aliphatic carbocycles. The molecule has 0 radical (unpaired) electrons. The molecule has 34 heavy (non-hydrogen) atoms. The fraction of sp³-hybridized carbons (Fsp3) is 0.481. The summed E-state index contributed by atoms with van der Waals surface area (Å²) in [6.07, 6.45) is 1.78. The van der Waals surface area contributed by atoms with Crippen molar-refractivity contribution >= 4 is 17.5 Å². The van der Waals surface area contributed by atoms with Crippen LogP contribution in [0.15, 0.2) is 54.6 Å². The van der Waals surface area contributed by atoms with Gasteiger partial charge < -0.3 is 24.2 Å². The summed E-state index contributed by atoms with van der Waals surface area (Å²) in [5.74, 6) is 1.01. The number of likely N-dealkylation sites (tertiary alicyclic amines) is 1. The molecule has 0 saturated carbocycles. The molecule has 2 amide bonds. The van der Waals surface area contributed by atoms with E-state index in [2.05, 4.69) is 29.2 Å². The minimum atomic E-state index is -0.0257. The zero-order valence-corrected chi connectivity index (χ0v) is 20.0. The molecule has 2 saturated heterocycles. The van der Waals surface area contributed by atoms with Crippen LogP contribution in [-0.4, -0.2) is 74.7 Å². The third kappa shape index (κ3) is 6.50. The standard InChI is InChI=1S/C27H35N3O4/c1-28(21-22-7-9-24(10-8-22)29-16-19-33-20-17-29)27(32)23-11-14-30(15-12-23)26(31)13-18-34-25-5-3-2-4-6-25/h2-10,23H,11-21H2,1H3. The van der Waals surface area contributed by atoms with Crippen molar-refractivity contribution in [2.45, 2.75) is 25.8 Å². The molecule has 2 heterocycles. The molecule has 0 atom stereocenters. The highest BCUT2D eigenvalue weighted by molar-refractivity contribution is 5.80. The molecule has 0 spiro atoms. The second-order valence-corrected chi connectivity index (χ2v) is 9.03. The van der Waals surface area contributed by atoms with Gasteiger partial charge in [0.15, 0.2) is 0 Å². The molecule has 2 aromatic carbocycles. The van der Waals surface area contributed by atoms with Crippen molar-refractivity contribution < 1.29 is 19.1 Å². The Morgan fingerprint density at radius 2 is 1.65 bits per heavy atom. The Kier molecular flexibility index (Phi) is 8.41. The van der Waals surface area contributed by atoms with Crippen LogP contribution in [0.2, 0.25) is 0 Å². The van der Waals surface area contributed by atoms with Gasteiger partial charge in [-0.25, -0.2) is 0 Å². The number of nitrogens with zero attached hydrogens (tertiary/aromatic N) is 3. The van der Waals surface area contributed by atoms with Crippen LogP contribution < -0.4 is 9.64 Å². The van der Waals surface area contributed by atoms with Gasteiger partial charge in [-0.15, -0.1) is 0 Å². The lowest BCUT2D eigenvalue weighted by Crippen LogP contribution is -2.43. The van der Waals surface area contributed by atoms with Gasteiger partial charge in [-0.2, -0.15) is 0 Å². The smallest absolute Gasteiger partial charge is 0.225 e. The molecule has 4 rings (SSSR count). The zero-order valence-electron chi connectivity index (χ0n) is 20.0. The second kappa shape index (κ2) is 11.9. The first-order valence-corrected chi connectivity index (χ1v) is 12.2. The van der Waals surface area contributed by atoms with Crippen LogP contribution in [0.4, 0.5) is 5.69 Å². The van der Waals surface area contributed by atoms with Crippen molar-refractivity contribution in [2.75, 3.05) is 57.9 Å². The molecule has 0 unspecified atom stereocenters. The maximum atomic E-state index is 13.0. The number of benzene rings is 2. The normalized spacial score (nSPS) is 16.9. The summed E-state index contributed by atoms with van der Waals surface area (Å²) in [4.78, 5) is 31.5. The molecule has 7 heteroatoms. The van der Waals surface area contributed by atoms with E-state index in [0.717, 1.165) is 37.6 Å². The highest BCUT2D eigenvalue weighted by Gasteiger charge is 2.29. The average molecular weight is 466 g/mol. The van der Waals surface area contributed by atoms with E-state index in [-0.39, 0.29) is 17.7 Å². The van der Waals surface area contributed by atoms with Gasteiger partial charge in [-0.05, 0) is 42.7 Å². The average Bonchev–Trinajstić information content (AvgIpc) is 2.90. The highest BCUT2D eigenvalue weighted by Crippen LogP contribution is 2.22. The Balaban J connectivity index is 1.18. The number of hydrogen-bond acceptors (Lipinski definition) is 5. The Hall–Kier alpha value is -3.06. The van der Waals surface area contributed by atoms with Crippen LogP contribution in [0.5, 0.6) is 5.75 Å². The van der Waals surface area contributed by atoms with Gasteiger partial charge in [0.2, 0.25) is 11.8 Å². The SMILES string of the molecule is CN(Cc1ccc(N2CCOCC2)cc1)C(=O)C1CCN(C(=O)CCOc2ccccc2)CC1. The number of ether oxygens (including phenoxy) is 2. The quantitative estimate of drug-likeness (QED) is 0.599. The van der Waals surface area contributed by atoms with Crippen LogP contribution in [-0.2, 0) is 20.9 Å². The Bertz CT molecular complexity index is 921. The van der Waals surface area contributed by atoms with Gasteiger partial charge in [0.05, 0.1) is 26.2 Å². The minimum Gasteiger partial charge on any atom is -0.493 e. The molecule has 0 aromatic heterocycles. The van der Waals surface area contributed by atoms with E-state index >= 15 is 0 Å². The number of amides is 2. The lowest BCUT2D eigenvalue weighted by molar-refractivity contribution is -0.140. The van der Waals surface area contributed by atoms with Crippen molar-refractivity contribution in [1.29, 1.82) is 0 Å². The molecule has 2 fully saturated rings. The topological polar surface area (TPSA) is 62.3 Å². The number of rotatable bonds is 8. The van der Waals surface area contributed by atoms with Crippen LogP contribution in [0.25, 0.3) is 0 Å². The van der Waals surface area contributed by atoms with Gasteiger partial charge in [0, 0.05) is 51.4 Å². The van der Waals surface area contributed by atoms with Crippen LogP contribution in [0.3, 0.4) is 0 Å². The maximum Gasteiger partial charge on any atom is 0.225 e. The van der Waals surface area contributed by atoms with Gasteiger partial charge in [0.25, 0.3) is 0 Å². The summed E-state index contributed by atoms with van der Waals surface area (Å²) in [5.41, 5.74) is 2.33. The summed E-state index contributed by atoms with van der Waals surface area (Å²) in [5, 5.41) is 0. The van der Waals surface area contributed by atoms with Crippen molar-refractivity contribution in [2.24, 2.45) is 5.92 Å². The number of anilines is 1. The van der Waals surface area contributed by atoms with Gasteiger partial charge >= 0.3 is 0 Å². The van der Waals surface area contributed by atoms with Crippen molar-refractivity contribution in [3.8, 4) is 5.75 Å². The van der Waals surface area contributed by atoms with E-state index in [1.54, 1.807) is 0 Å². The van der Waals surface area contributed by atoms with E-state index in [1.807, 2.05) is 47.2 Å². The zero-order chi connectivity index (χ0) is 23.8. The lowest BCUT2D eigenvalue weighted by Gasteiger charge is -2.33. The fourth-order valence-electron chi connectivity index (χ4n) is 4.60. The third-order valence-corrected chi connectivity index (χ3v) is 6.63. The number of carbonyl (C=O) groups is 2. The summed E-state index contributed by atoms with van der Waals surface area (Å²) >= 11 is 0. The first-order chi connectivity index (χ1) is 16.6. The molecule has 0 bridgehead atoms. The first-order valence-electron chi connectivity index (χ1n) is 12.2. The number of piperidine rings is 1. The minimum absolute atomic E-state index is 0.0257. The van der Waals surface area contributed by atoms with Crippen LogP contribution in [0, 0.1) is 5.92 Å². The van der Waals surface area contributed by atoms with Crippen molar-refractivity contribution in [3.05, 3.63) is 60.2 Å². The Morgan fingerprint density at radius 1 is 0.971 bits per heavy atom. The highest BCUT2D eigenvalue weighted by atomic mass is 16.5. The number of hydrogen-bond donors (Lipinski definition) is 0. The largest absolute Gasteiger partial charge is 0.493 e. The van der Waals surface area contributed by atoms with E-state index in [4.69, 9.17) is 9.47 Å². The van der Waals surface area contributed by atoms with Gasteiger partial charge in [-0.3, -0.25) is 9.59 Å². The summed E-state index contributed by atoms with van der Waals surface area (Å²) in [6.45, 7) is 5.59. The maximum absolute atomic E-state index is 13.0. The van der Waals surface area contributed by atoms with Crippen molar-refractivity contribution in [1.82, 2.24) is 9.80 Å². The van der Waals surface area contributed by atoms with E-state index in [1.165, 1.54) is 5.69 Å². The fourth-order valence-corrected chi connectivity index (χ4v) is 4.60. The third-order valence-electron chi connectivity index (χ3n) is 6.63. The Labute approximate surface area is 202 Å². The summed E-state index contributed by atoms with van der Waals surface area (Å²) in [6, 6.07) is 18.0. The summed E-state index contributed by atoms with van der Waals surface area (Å²) < 4.78 is 11.1. The molecule has 7 nitrogen and oxygen atoms in total. The summed E-state index contributed by atoms with van der Waals surface area (Å²) in [7, 11) is 1.87. The van der Waals surface area contributed by atoms with Crippen molar-refractivity contribution in [3.63, 3.8) is 0 Å². The predicted octanol–water partition coefficient (Wildman–Crippen LogP) is 3.19. The molecule has 0 N–H and O–H groups in total. The number of morpholine rings is 1. The lowest BCUT2D eigenvalue weighted by atomic mass is 9.95. The monoisotopic (exact) mass is 465 g/mol. The predicted molar refractivity (Wildman–Crippen MR) is 132 cm³/mol. The molecule has 2 aliphatic rings. The van der Waals surface area contributed by atoms with Crippen LogP contribution in [0.1, 0.15) is 24.8 Å². The van der Waals surface area contributed by atoms with Gasteiger partial charge in [0.1, 0.15) is 5.75 Å². The molecule has 2 aromatic rings.